The highest BCUT2D eigenvalue weighted by Crippen LogP contribution is 2.43. The van der Waals surface area contributed by atoms with E-state index in [1.807, 2.05) is 98.1 Å². The van der Waals surface area contributed by atoms with Crippen LogP contribution in [-0.2, 0) is 4.79 Å². The maximum absolute atomic E-state index is 13.6. The first-order valence-electron chi connectivity index (χ1n) is 11.0. The van der Waals surface area contributed by atoms with Gasteiger partial charge in [0, 0.05) is 16.9 Å². The van der Waals surface area contributed by atoms with E-state index in [9.17, 15) is 4.79 Å². The summed E-state index contributed by atoms with van der Waals surface area (Å²) in [6, 6.07) is 25.7. The van der Waals surface area contributed by atoms with Gasteiger partial charge in [-0.25, -0.2) is 4.98 Å². The molecular formula is C28H28N2O3S. The standard InChI is InChI=1S/C28H28N2O3S/c1-28(2,26(31)30-27-29-24(18-34-27)19-8-6-5-7-9-19)25(20-10-14-22(32-3)15-11-20)21-12-16-23(33-4)17-13-21/h5-18,25H,1-4H3,(H,29,30,31). The van der Waals surface area contributed by atoms with Gasteiger partial charge < -0.3 is 14.8 Å². The van der Waals surface area contributed by atoms with Crippen molar-refractivity contribution in [1.29, 1.82) is 0 Å². The van der Waals surface area contributed by atoms with Crippen LogP contribution in [0.2, 0.25) is 0 Å². The maximum atomic E-state index is 13.6. The van der Waals surface area contributed by atoms with Gasteiger partial charge in [0.1, 0.15) is 11.5 Å². The second-order valence-corrected chi connectivity index (χ2v) is 9.42. The topological polar surface area (TPSA) is 60.5 Å². The molecular weight excluding hydrogens is 444 g/mol. The zero-order valence-electron chi connectivity index (χ0n) is 19.7. The van der Waals surface area contributed by atoms with Crippen LogP contribution in [0.3, 0.4) is 0 Å². The van der Waals surface area contributed by atoms with Crippen LogP contribution >= 0.6 is 11.3 Å². The van der Waals surface area contributed by atoms with Crippen molar-refractivity contribution in [3.05, 3.63) is 95.4 Å². The summed E-state index contributed by atoms with van der Waals surface area (Å²) >= 11 is 1.43. The molecule has 0 aliphatic rings. The van der Waals surface area contributed by atoms with E-state index in [0.29, 0.717) is 5.13 Å². The van der Waals surface area contributed by atoms with Crippen molar-refractivity contribution in [2.75, 3.05) is 19.5 Å². The number of nitrogens with zero attached hydrogens (tertiary/aromatic N) is 1. The van der Waals surface area contributed by atoms with Gasteiger partial charge in [-0.15, -0.1) is 11.3 Å². The van der Waals surface area contributed by atoms with Crippen LogP contribution in [0.1, 0.15) is 30.9 Å². The summed E-state index contributed by atoms with van der Waals surface area (Å²) in [5.41, 5.74) is 3.14. The molecule has 6 heteroatoms. The predicted octanol–water partition coefficient (Wildman–Crippen LogP) is 6.62. The summed E-state index contributed by atoms with van der Waals surface area (Å²) < 4.78 is 10.7. The third-order valence-electron chi connectivity index (χ3n) is 6.00. The van der Waals surface area contributed by atoms with Crippen LogP contribution < -0.4 is 14.8 Å². The number of hydrogen-bond acceptors (Lipinski definition) is 5. The lowest BCUT2D eigenvalue weighted by atomic mass is 9.70. The monoisotopic (exact) mass is 472 g/mol. The van der Waals surface area contributed by atoms with Gasteiger partial charge in [-0.1, -0.05) is 68.4 Å². The largest absolute Gasteiger partial charge is 0.497 e. The average Bonchev–Trinajstić information content (AvgIpc) is 3.34. The highest BCUT2D eigenvalue weighted by atomic mass is 32.1. The van der Waals surface area contributed by atoms with Gasteiger partial charge in [0.2, 0.25) is 5.91 Å². The van der Waals surface area contributed by atoms with E-state index in [1.165, 1.54) is 11.3 Å². The average molecular weight is 473 g/mol. The van der Waals surface area contributed by atoms with E-state index < -0.39 is 5.41 Å². The van der Waals surface area contributed by atoms with E-state index in [1.54, 1.807) is 14.2 Å². The molecule has 1 heterocycles. The molecule has 0 atom stereocenters. The third kappa shape index (κ3) is 4.97. The fourth-order valence-electron chi connectivity index (χ4n) is 4.08. The van der Waals surface area contributed by atoms with Crippen molar-refractivity contribution in [2.24, 2.45) is 5.41 Å². The first kappa shape index (κ1) is 23.5. The Morgan fingerprint density at radius 2 is 1.38 bits per heavy atom. The van der Waals surface area contributed by atoms with E-state index in [0.717, 1.165) is 33.9 Å². The summed E-state index contributed by atoms with van der Waals surface area (Å²) in [4.78, 5) is 18.3. The number of methoxy groups -OCH3 is 2. The Morgan fingerprint density at radius 1 is 0.853 bits per heavy atom. The Morgan fingerprint density at radius 3 is 1.88 bits per heavy atom. The molecule has 0 aliphatic carbocycles. The van der Waals surface area contributed by atoms with Crippen molar-refractivity contribution < 1.29 is 14.3 Å². The Bertz CT molecular complexity index is 1190. The number of carbonyl (C=O) groups is 1. The van der Waals surface area contributed by atoms with Crippen LogP contribution in [0.5, 0.6) is 11.5 Å². The molecule has 5 nitrogen and oxygen atoms in total. The molecule has 174 valence electrons. The van der Waals surface area contributed by atoms with Crippen molar-refractivity contribution in [3.8, 4) is 22.8 Å². The second-order valence-electron chi connectivity index (χ2n) is 8.56. The van der Waals surface area contributed by atoms with E-state index in [2.05, 4.69) is 10.3 Å². The highest BCUT2D eigenvalue weighted by molar-refractivity contribution is 7.14. The number of aromatic nitrogens is 1. The van der Waals surface area contributed by atoms with E-state index in [4.69, 9.17) is 9.47 Å². The minimum Gasteiger partial charge on any atom is -0.497 e. The summed E-state index contributed by atoms with van der Waals surface area (Å²) in [6.45, 7) is 3.93. The molecule has 0 saturated heterocycles. The number of ether oxygens (including phenoxy) is 2. The van der Waals surface area contributed by atoms with Crippen LogP contribution in [0, 0.1) is 5.41 Å². The van der Waals surface area contributed by atoms with Gasteiger partial charge >= 0.3 is 0 Å². The molecule has 1 amide bonds. The lowest BCUT2D eigenvalue weighted by Gasteiger charge is -2.34. The van der Waals surface area contributed by atoms with Crippen LogP contribution in [0.15, 0.2) is 84.2 Å². The molecule has 0 bridgehead atoms. The number of hydrogen-bond donors (Lipinski definition) is 1. The number of carbonyl (C=O) groups excluding carboxylic acids is 1. The maximum Gasteiger partial charge on any atom is 0.232 e. The molecule has 1 aromatic heterocycles. The summed E-state index contributed by atoms with van der Waals surface area (Å²) in [7, 11) is 3.29. The van der Waals surface area contributed by atoms with Crippen LogP contribution in [-0.4, -0.2) is 25.1 Å². The molecule has 1 N–H and O–H groups in total. The zero-order chi connectivity index (χ0) is 24.1. The Balaban J connectivity index is 1.65. The molecule has 4 aromatic rings. The minimum atomic E-state index is -0.776. The summed E-state index contributed by atoms with van der Waals surface area (Å²) in [6.07, 6.45) is 0. The quantitative estimate of drug-likeness (QED) is 0.313. The minimum absolute atomic E-state index is 0.0990. The fourth-order valence-corrected chi connectivity index (χ4v) is 4.80. The number of rotatable bonds is 8. The SMILES string of the molecule is COc1ccc(C(c2ccc(OC)cc2)C(C)(C)C(=O)Nc2nc(-c3ccccc3)cs2)cc1. The van der Waals surface area contributed by atoms with Crippen LogP contribution in [0.25, 0.3) is 11.3 Å². The first-order valence-corrected chi connectivity index (χ1v) is 11.9. The van der Waals surface area contributed by atoms with E-state index in [-0.39, 0.29) is 11.8 Å². The van der Waals surface area contributed by atoms with Crippen molar-refractivity contribution >= 4 is 22.4 Å². The Labute approximate surface area is 204 Å². The van der Waals surface area contributed by atoms with Gasteiger partial charge in [-0.05, 0) is 35.4 Å². The van der Waals surface area contributed by atoms with Crippen molar-refractivity contribution in [1.82, 2.24) is 4.98 Å². The zero-order valence-corrected chi connectivity index (χ0v) is 20.6. The molecule has 0 radical (unpaired) electrons. The molecule has 4 rings (SSSR count). The smallest absolute Gasteiger partial charge is 0.232 e. The molecule has 0 unspecified atom stereocenters. The lowest BCUT2D eigenvalue weighted by Crippen LogP contribution is -2.37. The van der Waals surface area contributed by atoms with E-state index >= 15 is 0 Å². The van der Waals surface area contributed by atoms with Crippen molar-refractivity contribution in [3.63, 3.8) is 0 Å². The molecule has 0 spiro atoms. The fraction of sp³-hybridized carbons (Fsp3) is 0.214. The summed E-state index contributed by atoms with van der Waals surface area (Å²) in [5, 5.41) is 5.60. The molecule has 0 fully saturated rings. The third-order valence-corrected chi connectivity index (χ3v) is 6.76. The van der Waals surface area contributed by atoms with Gasteiger partial charge in [0.15, 0.2) is 5.13 Å². The van der Waals surface area contributed by atoms with Gasteiger partial charge in [0.05, 0.1) is 25.3 Å². The van der Waals surface area contributed by atoms with Gasteiger partial charge in [0.25, 0.3) is 0 Å². The van der Waals surface area contributed by atoms with Crippen molar-refractivity contribution in [2.45, 2.75) is 19.8 Å². The molecule has 3 aromatic carbocycles. The number of benzene rings is 3. The van der Waals surface area contributed by atoms with Gasteiger partial charge in [-0.2, -0.15) is 0 Å². The highest BCUT2D eigenvalue weighted by Gasteiger charge is 2.39. The molecule has 0 saturated carbocycles. The predicted molar refractivity (Wildman–Crippen MR) is 138 cm³/mol. The molecule has 34 heavy (non-hydrogen) atoms. The Hall–Kier alpha value is -3.64. The second kappa shape index (κ2) is 10.1. The first-order chi connectivity index (χ1) is 16.4. The molecule has 0 aliphatic heterocycles. The number of thiazole rings is 1. The lowest BCUT2D eigenvalue weighted by molar-refractivity contribution is -0.124. The number of anilines is 1. The summed E-state index contributed by atoms with van der Waals surface area (Å²) in [5.74, 6) is 1.25. The Kier molecular flexibility index (Phi) is 6.98. The normalized spacial score (nSPS) is 11.3. The van der Waals surface area contributed by atoms with Crippen LogP contribution in [0.4, 0.5) is 5.13 Å². The number of nitrogens with one attached hydrogen (secondary N) is 1. The number of amides is 1. The van der Waals surface area contributed by atoms with Gasteiger partial charge in [-0.3, -0.25) is 4.79 Å².